The Labute approximate surface area is 205 Å². The number of piperazine rings is 1. The molecule has 3 fully saturated rings. The third-order valence-electron chi connectivity index (χ3n) is 6.87. The molecule has 2 bridgehead atoms. The third kappa shape index (κ3) is 3.21. The van der Waals surface area contributed by atoms with Crippen molar-refractivity contribution in [2.75, 3.05) is 18.1 Å². The number of nitriles is 1. The Bertz CT molecular complexity index is 1440. The number of carbonyl (C=O) groups is 3. The number of hydrogen-bond donors (Lipinski definition) is 0. The molecule has 0 saturated carbocycles. The minimum atomic E-state index is -0.747. The van der Waals surface area contributed by atoms with Gasteiger partial charge in [-0.05, 0) is 55.0 Å². The molecule has 0 aliphatic carbocycles. The average molecular weight is 488 g/mol. The van der Waals surface area contributed by atoms with Crippen LogP contribution in [0.4, 0.5) is 10.5 Å². The molecule has 0 radical (unpaired) electrons. The van der Waals surface area contributed by atoms with Crippen LogP contribution >= 0.6 is 11.6 Å². The van der Waals surface area contributed by atoms with Gasteiger partial charge in [0.15, 0.2) is 6.61 Å². The van der Waals surface area contributed by atoms with E-state index in [0.29, 0.717) is 45.9 Å². The van der Waals surface area contributed by atoms with Crippen molar-refractivity contribution in [2.45, 2.75) is 24.5 Å². The van der Waals surface area contributed by atoms with Crippen molar-refractivity contribution in [2.24, 2.45) is 0 Å². The zero-order chi connectivity index (χ0) is 24.3. The standard InChI is InChI=1S/C25H18ClN5O4/c26-15-4-6-17(7-5-15)35-13-21(32)29-12-16-10-20(29)23-24(33)31(25(34)30(16)23)19-8-3-14(11-27)22-18(19)2-1-9-28-22/h1-9,16,20,23H,10,12-13H2. The van der Waals surface area contributed by atoms with E-state index in [0.717, 1.165) is 4.90 Å². The Morgan fingerprint density at radius 2 is 1.97 bits per heavy atom. The first kappa shape index (κ1) is 21.4. The van der Waals surface area contributed by atoms with E-state index < -0.39 is 18.1 Å². The molecule has 6 rings (SSSR count). The van der Waals surface area contributed by atoms with E-state index in [9.17, 15) is 19.6 Å². The Hall–Kier alpha value is -4.16. The number of pyridine rings is 1. The molecule has 35 heavy (non-hydrogen) atoms. The number of aromatic nitrogens is 1. The normalized spacial score (nSPS) is 22.6. The number of rotatable bonds is 4. The van der Waals surface area contributed by atoms with Crippen LogP contribution in [-0.4, -0.2) is 63.9 Å². The summed E-state index contributed by atoms with van der Waals surface area (Å²) < 4.78 is 5.60. The van der Waals surface area contributed by atoms with Crippen LogP contribution in [-0.2, 0) is 9.59 Å². The van der Waals surface area contributed by atoms with Crippen LogP contribution in [0.5, 0.6) is 5.75 Å². The van der Waals surface area contributed by atoms with E-state index in [1.807, 2.05) is 0 Å². The monoisotopic (exact) mass is 487 g/mol. The maximum atomic E-state index is 13.6. The lowest BCUT2D eigenvalue weighted by Crippen LogP contribution is -2.55. The van der Waals surface area contributed by atoms with Crippen molar-refractivity contribution in [3.8, 4) is 11.8 Å². The molecule has 0 N–H and O–H groups in total. The zero-order valence-electron chi connectivity index (χ0n) is 18.3. The molecule has 10 heteroatoms. The summed E-state index contributed by atoms with van der Waals surface area (Å²) in [5.74, 6) is -0.0966. The number of nitrogens with zero attached hydrogens (tertiary/aromatic N) is 5. The molecule has 0 spiro atoms. The maximum Gasteiger partial charge on any atom is 0.332 e. The summed E-state index contributed by atoms with van der Waals surface area (Å²) in [5, 5.41) is 10.5. The van der Waals surface area contributed by atoms with Crippen LogP contribution < -0.4 is 9.64 Å². The van der Waals surface area contributed by atoms with Crippen LogP contribution in [0.1, 0.15) is 12.0 Å². The number of benzene rings is 2. The van der Waals surface area contributed by atoms with Crippen molar-refractivity contribution in [1.82, 2.24) is 14.8 Å². The van der Waals surface area contributed by atoms with Gasteiger partial charge in [0.05, 0.1) is 28.9 Å². The number of hydrogen-bond acceptors (Lipinski definition) is 6. The molecular formula is C25H18ClN5O4. The van der Waals surface area contributed by atoms with Gasteiger partial charge in [0, 0.05) is 23.2 Å². The van der Waals surface area contributed by atoms with Crippen LogP contribution in [0.3, 0.4) is 0 Å². The Morgan fingerprint density at radius 3 is 2.74 bits per heavy atom. The zero-order valence-corrected chi connectivity index (χ0v) is 19.1. The quantitative estimate of drug-likeness (QED) is 0.524. The summed E-state index contributed by atoms with van der Waals surface area (Å²) in [5.41, 5.74) is 1.18. The molecule has 3 aliphatic rings. The van der Waals surface area contributed by atoms with E-state index in [1.165, 1.54) is 0 Å². The predicted molar refractivity (Wildman–Crippen MR) is 126 cm³/mol. The van der Waals surface area contributed by atoms with Gasteiger partial charge in [-0.3, -0.25) is 14.6 Å². The highest BCUT2D eigenvalue weighted by molar-refractivity contribution is 6.30. The summed E-state index contributed by atoms with van der Waals surface area (Å²) in [6.07, 6.45) is 2.12. The van der Waals surface area contributed by atoms with Gasteiger partial charge >= 0.3 is 6.03 Å². The first-order valence-corrected chi connectivity index (χ1v) is 11.5. The summed E-state index contributed by atoms with van der Waals surface area (Å²) >= 11 is 5.88. The minimum absolute atomic E-state index is 0.171. The minimum Gasteiger partial charge on any atom is -0.484 e. The smallest absolute Gasteiger partial charge is 0.332 e. The van der Waals surface area contributed by atoms with Crippen molar-refractivity contribution in [1.29, 1.82) is 5.26 Å². The maximum absolute atomic E-state index is 13.6. The Morgan fingerprint density at radius 1 is 1.17 bits per heavy atom. The molecule has 3 aliphatic heterocycles. The Balaban J connectivity index is 1.25. The van der Waals surface area contributed by atoms with Gasteiger partial charge in [-0.15, -0.1) is 0 Å². The van der Waals surface area contributed by atoms with Gasteiger partial charge in [0.2, 0.25) is 0 Å². The highest BCUT2D eigenvalue weighted by Gasteiger charge is 2.63. The molecule has 4 amide bonds. The molecule has 4 heterocycles. The molecule has 2 aromatic carbocycles. The molecule has 3 atom stereocenters. The second-order valence-electron chi connectivity index (χ2n) is 8.70. The van der Waals surface area contributed by atoms with Crippen LogP contribution in [0.2, 0.25) is 5.02 Å². The van der Waals surface area contributed by atoms with Gasteiger partial charge in [0.25, 0.3) is 11.8 Å². The van der Waals surface area contributed by atoms with Crippen LogP contribution in [0.15, 0.2) is 54.7 Å². The summed E-state index contributed by atoms with van der Waals surface area (Å²) in [6.45, 7) is 0.182. The predicted octanol–water partition coefficient (Wildman–Crippen LogP) is 2.96. The van der Waals surface area contributed by atoms with Crippen molar-refractivity contribution >= 4 is 46.0 Å². The van der Waals surface area contributed by atoms with Crippen molar-refractivity contribution in [3.05, 3.63) is 65.3 Å². The summed E-state index contributed by atoms with van der Waals surface area (Å²) in [6, 6.07) is 13.6. The number of ether oxygens (including phenoxy) is 1. The fraction of sp³-hybridized carbons (Fsp3) is 0.240. The number of carbonyl (C=O) groups excluding carboxylic acids is 3. The fourth-order valence-electron chi connectivity index (χ4n) is 5.37. The highest BCUT2D eigenvalue weighted by atomic mass is 35.5. The van der Waals surface area contributed by atoms with Gasteiger partial charge < -0.3 is 14.5 Å². The largest absolute Gasteiger partial charge is 0.484 e. The SMILES string of the molecule is N#Cc1ccc(N2C(=O)C3C4CC(CN4C(=O)COc4ccc(Cl)cc4)N3C2=O)c2cccnc12. The van der Waals surface area contributed by atoms with Crippen molar-refractivity contribution in [3.63, 3.8) is 0 Å². The molecule has 3 aromatic rings. The third-order valence-corrected chi connectivity index (χ3v) is 7.12. The second kappa shape index (κ2) is 7.96. The average Bonchev–Trinajstić information content (AvgIpc) is 3.54. The second-order valence-corrected chi connectivity index (χ2v) is 9.13. The van der Waals surface area contributed by atoms with Gasteiger partial charge in [-0.1, -0.05) is 11.6 Å². The number of anilines is 1. The summed E-state index contributed by atoms with van der Waals surface area (Å²) in [7, 11) is 0. The lowest BCUT2D eigenvalue weighted by atomic mass is 10.1. The van der Waals surface area contributed by atoms with E-state index in [2.05, 4.69) is 11.1 Å². The van der Waals surface area contributed by atoms with Crippen LogP contribution in [0.25, 0.3) is 10.9 Å². The topological polar surface area (TPSA) is 107 Å². The Kier molecular flexibility index (Phi) is 4.86. The van der Waals surface area contributed by atoms with E-state index >= 15 is 0 Å². The van der Waals surface area contributed by atoms with Crippen LogP contribution in [0, 0.1) is 11.3 Å². The van der Waals surface area contributed by atoms with E-state index in [1.54, 1.807) is 64.5 Å². The van der Waals surface area contributed by atoms with E-state index in [4.69, 9.17) is 16.3 Å². The first-order chi connectivity index (χ1) is 17.0. The lowest BCUT2D eigenvalue weighted by molar-refractivity contribution is -0.137. The molecule has 9 nitrogen and oxygen atoms in total. The van der Waals surface area contributed by atoms with Gasteiger partial charge in [-0.2, -0.15) is 5.26 Å². The number of fused-ring (bicyclic) bond motifs is 6. The first-order valence-electron chi connectivity index (χ1n) is 11.1. The number of urea groups is 1. The number of halogens is 1. The molecule has 3 saturated heterocycles. The fourth-order valence-corrected chi connectivity index (χ4v) is 5.49. The number of imide groups is 1. The van der Waals surface area contributed by atoms with Gasteiger partial charge in [0.1, 0.15) is 17.9 Å². The summed E-state index contributed by atoms with van der Waals surface area (Å²) in [4.78, 5) is 48.6. The van der Waals surface area contributed by atoms with E-state index in [-0.39, 0.29) is 24.5 Å². The molecular weight excluding hydrogens is 470 g/mol. The van der Waals surface area contributed by atoms with Gasteiger partial charge in [-0.25, -0.2) is 9.69 Å². The highest BCUT2D eigenvalue weighted by Crippen LogP contribution is 2.43. The molecule has 1 aromatic heterocycles. The number of amides is 4. The van der Waals surface area contributed by atoms with Crippen molar-refractivity contribution < 1.29 is 19.1 Å². The lowest BCUT2D eigenvalue weighted by Gasteiger charge is -2.34. The molecule has 174 valence electrons. The number of likely N-dealkylation sites (tertiary alicyclic amines) is 1. The molecule has 3 unspecified atom stereocenters.